The van der Waals surface area contributed by atoms with Crippen molar-refractivity contribution in [1.82, 2.24) is 9.97 Å². The molecule has 1 aliphatic rings. The summed E-state index contributed by atoms with van der Waals surface area (Å²) in [4.78, 5) is 7.93. The van der Waals surface area contributed by atoms with Crippen molar-refractivity contribution in [3.05, 3.63) is 12.4 Å². The van der Waals surface area contributed by atoms with Crippen molar-refractivity contribution in [2.75, 3.05) is 30.8 Å². The number of nitrogens with one attached hydrogen (secondary N) is 1. The average molecular weight is 208 g/mol. The molecule has 15 heavy (non-hydrogen) atoms. The fraction of sp³-hybridized carbons (Fsp3) is 0.600. The van der Waals surface area contributed by atoms with Crippen molar-refractivity contribution in [2.45, 2.75) is 12.8 Å². The van der Waals surface area contributed by atoms with Crippen molar-refractivity contribution in [3.63, 3.8) is 0 Å². The second kappa shape index (κ2) is 4.93. The third-order valence-corrected chi connectivity index (χ3v) is 2.60. The first-order valence-electron chi connectivity index (χ1n) is 5.24. The Morgan fingerprint density at radius 1 is 1.40 bits per heavy atom. The number of hydrogen-bond donors (Lipinski definition) is 2. The Kier molecular flexibility index (Phi) is 3.34. The molecule has 0 bridgehead atoms. The van der Waals surface area contributed by atoms with Gasteiger partial charge in [-0.3, -0.25) is 0 Å². The van der Waals surface area contributed by atoms with E-state index >= 15 is 0 Å². The lowest BCUT2D eigenvalue weighted by atomic mass is 10.0. The van der Waals surface area contributed by atoms with Crippen LogP contribution in [0.4, 0.5) is 11.6 Å². The molecule has 1 aromatic heterocycles. The fourth-order valence-electron chi connectivity index (χ4n) is 1.67. The van der Waals surface area contributed by atoms with Crippen LogP contribution in [0.25, 0.3) is 0 Å². The van der Waals surface area contributed by atoms with Crippen LogP contribution in [0.2, 0.25) is 0 Å². The molecule has 0 aromatic carbocycles. The Morgan fingerprint density at radius 2 is 2.20 bits per heavy atom. The van der Waals surface area contributed by atoms with Crippen molar-refractivity contribution in [3.8, 4) is 0 Å². The van der Waals surface area contributed by atoms with E-state index in [-0.39, 0.29) is 0 Å². The van der Waals surface area contributed by atoms with Gasteiger partial charge >= 0.3 is 0 Å². The van der Waals surface area contributed by atoms with Gasteiger partial charge in [-0.1, -0.05) is 0 Å². The number of ether oxygens (including phenoxy) is 1. The molecular weight excluding hydrogens is 192 g/mol. The van der Waals surface area contributed by atoms with Crippen LogP contribution < -0.4 is 11.1 Å². The minimum atomic E-state index is 0.500. The van der Waals surface area contributed by atoms with Crippen LogP contribution in [0, 0.1) is 5.92 Å². The summed E-state index contributed by atoms with van der Waals surface area (Å²) in [6.07, 6.45) is 3.71. The van der Waals surface area contributed by atoms with Gasteiger partial charge in [0.05, 0.1) is 0 Å². The Morgan fingerprint density at radius 3 is 2.93 bits per heavy atom. The van der Waals surface area contributed by atoms with Gasteiger partial charge in [0.25, 0.3) is 0 Å². The third-order valence-electron chi connectivity index (χ3n) is 2.60. The smallest absolute Gasteiger partial charge is 0.131 e. The quantitative estimate of drug-likeness (QED) is 0.772. The SMILES string of the molecule is Nc1cc(NCC2CCOCC2)ncn1. The van der Waals surface area contributed by atoms with Crippen LogP contribution >= 0.6 is 0 Å². The molecule has 0 atom stereocenters. The molecule has 0 saturated carbocycles. The number of rotatable bonds is 3. The van der Waals surface area contributed by atoms with Gasteiger partial charge < -0.3 is 15.8 Å². The molecule has 0 unspecified atom stereocenters. The number of aromatic nitrogens is 2. The summed E-state index contributed by atoms with van der Waals surface area (Å²) < 4.78 is 5.30. The average Bonchev–Trinajstić information content (AvgIpc) is 2.28. The highest BCUT2D eigenvalue weighted by Crippen LogP contribution is 2.15. The lowest BCUT2D eigenvalue weighted by molar-refractivity contribution is 0.0699. The van der Waals surface area contributed by atoms with Gasteiger partial charge in [0.1, 0.15) is 18.0 Å². The first-order valence-corrected chi connectivity index (χ1v) is 5.24. The molecule has 5 heteroatoms. The van der Waals surface area contributed by atoms with Crippen LogP contribution in [0.1, 0.15) is 12.8 Å². The summed E-state index contributed by atoms with van der Waals surface area (Å²) in [5.74, 6) is 1.98. The Labute approximate surface area is 89.1 Å². The Bertz CT molecular complexity index is 312. The maximum Gasteiger partial charge on any atom is 0.131 e. The molecular formula is C10H16N4O. The van der Waals surface area contributed by atoms with E-state index in [0.29, 0.717) is 11.7 Å². The van der Waals surface area contributed by atoms with Crippen LogP contribution in [0.5, 0.6) is 0 Å². The van der Waals surface area contributed by atoms with E-state index in [1.807, 2.05) is 0 Å². The van der Waals surface area contributed by atoms with Gasteiger partial charge in [-0.15, -0.1) is 0 Å². The van der Waals surface area contributed by atoms with Crippen LogP contribution in [-0.4, -0.2) is 29.7 Å². The number of nitrogen functional groups attached to an aromatic ring is 1. The maximum atomic E-state index is 5.56. The van der Waals surface area contributed by atoms with E-state index < -0.39 is 0 Å². The zero-order chi connectivity index (χ0) is 10.5. The second-order valence-electron chi connectivity index (χ2n) is 3.76. The first kappa shape index (κ1) is 10.2. The third kappa shape index (κ3) is 3.06. The monoisotopic (exact) mass is 208 g/mol. The number of nitrogens with two attached hydrogens (primary N) is 1. The van der Waals surface area contributed by atoms with Crippen molar-refractivity contribution < 1.29 is 4.74 Å². The molecule has 5 nitrogen and oxygen atoms in total. The molecule has 3 N–H and O–H groups in total. The topological polar surface area (TPSA) is 73.1 Å². The Balaban J connectivity index is 1.81. The van der Waals surface area contributed by atoms with Gasteiger partial charge in [-0.2, -0.15) is 0 Å². The lowest BCUT2D eigenvalue weighted by Gasteiger charge is -2.22. The van der Waals surface area contributed by atoms with E-state index in [1.54, 1.807) is 6.07 Å². The highest BCUT2D eigenvalue weighted by molar-refractivity contribution is 5.43. The second-order valence-corrected chi connectivity index (χ2v) is 3.76. The zero-order valence-electron chi connectivity index (χ0n) is 8.65. The predicted molar refractivity (Wildman–Crippen MR) is 58.5 cm³/mol. The number of nitrogens with zero attached hydrogens (tertiary/aromatic N) is 2. The summed E-state index contributed by atoms with van der Waals surface area (Å²) in [5, 5.41) is 3.27. The number of anilines is 2. The molecule has 0 amide bonds. The predicted octanol–water partition coefficient (Wildman–Crippen LogP) is 0.897. The van der Waals surface area contributed by atoms with E-state index in [4.69, 9.17) is 10.5 Å². The maximum absolute atomic E-state index is 5.56. The van der Waals surface area contributed by atoms with Gasteiger partial charge in [0, 0.05) is 25.8 Å². The zero-order valence-corrected chi connectivity index (χ0v) is 8.65. The molecule has 0 radical (unpaired) electrons. The standard InChI is InChI=1S/C10H16N4O/c11-9-5-10(14-7-13-9)12-6-8-1-3-15-4-2-8/h5,7-8H,1-4,6H2,(H3,11,12,13,14). The minimum Gasteiger partial charge on any atom is -0.384 e. The van der Waals surface area contributed by atoms with Crippen molar-refractivity contribution in [1.29, 1.82) is 0 Å². The summed E-state index contributed by atoms with van der Waals surface area (Å²) in [6.45, 7) is 2.68. The van der Waals surface area contributed by atoms with E-state index in [2.05, 4.69) is 15.3 Å². The van der Waals surface area contributed by atoms with Gasteiger partial charge in [0.2, 0.25) is 0 Å². The van der Waals surface area contributed by atoms with Crippen LogP contribution in [0.3, 0.4) is 0 Å². The minimum absolute atomic E-state index is 0.500. The Hall–Kier alpha value is -1.36. The largest absolute Gasteiger partial charge is 0.384 e. The molecule has 0 spiro atoms. The highest BCUT2D eigenvalue weighted by atomic mass is 16.5. The lowest BCUT2D eigenvalue weighted by Crippen LogP contribution is -2.22. The normalized spacial score (nSPS) is 17.6. The van der Waals surface area contributed by atoms with Gasteiger partial charge in [-0.25, -0.2) is 9.97 Å². The molecule has 1 fully saturated rings. The summed E-state index contributed by atoms with van der Waals surface area (Å²) in [5.41, 5.74) is 5.56. The highest BCUT2D eigenvalue weighted by Gasteiger charge is 2.13. The fourth-order valence-corrected chi connectivity index (χ4v) is 1.67. The number of hydrogen-bond acceptors (Lipinski definition) is 5. The van der Waals surface area contributed by atoms with Gasteiger partial charge in [0.15, 0.2) is 0 Å². The molecule has 1 aliphatic heterocycles. The van der Waals surface area contributed by atoms with E-state index in [1.165, 1.54) is 6.33 Å². The summed E-state index contributed by atoms with van der Waals surface area (Å²) >= 11 is 0. The summed E-state index contributed by atoms with van der Waals surface area (Å²) in [7, 11) is 0. The first-order chi connectivity index (χ1) is 7.34. The van der Waals surface area contributed by atoms with Gasteiger partial charge in [-0.05, 0) is 18.8 Å². The molecule has 2 rings (SSSR count). The molecule has 1 aromatic rings. The van der Waals surface area contributed by atoms with Crippen LogP contribution in [0.15, 0.2) is 12.4 Å². The van der Waals surface area contributed by atoms with Crippen molar-refractivity contribution >= 4 is 11.6 Å². The van der Waals surface area contributed by atoms with E-state index in [0.717, 1.165) is 38.4 Å². The molecule has 1 saturated heterocycles. The molecule has 82 valence electrons. The molecule has 2 heterocycles. The van der Waals surface area contributed by atoms with E-state index in [9.17, 15) is 0 Å². The van der Waals surface area contributed by atoms with Crippen LogP contribution in [-0.2, 0) is 4.74 Å². The molecule has 0 aliphatic carbocycles. The van der Waals surface area contributed by atoms with Crippen molar-refractivity contribution in [2.24, 2.45) is 5.92 Å². The summed E-state index contributed by atoms with van der Waals surface area (Å²) in [6, 6.07) is 1.75.